The Balaban J connectivity index is 1.88. The Morgan fingerprint density at radius 2 is 1.85 bits per heavy atom. The molecule has 20 heavy (non-hydrogen) atoms. The molecule has 2 fully saturated rings. The van der Waals surface area contributed by atoms with Gasteiger partial charge in [0.25, 0.3) is 0 Å². The van der Waals surface area contributed by atoms with Crippen LogP contribution in [-0.4, -0.2) is 75.6 Å². The minimum Gasteiger partial charge on any atom is -0.465 e. The Morgan fingerprint density at radius 3 is 2.30 bits per heavy atom. The minimum atomic E-state index is -0.254. The molecule has 1 heterocycles. The summed E-state index contributed by atoms with van der Waals surface area (Å²) in [7, 11) is 3.40. The van der Waals surface area contributed by atoms with Gasteiger partial charge in [-0.05, 0) is 19.8 Å². The number of rotatable bonds is 8. The molecule has 3 unspecified atom stereocenters. The van der Waals surface area contributed by atoms with Crippen molar-refractivity contribution in [1.29, 1.82) is 0 Å². The Kier molecular flexibility index (Phi) is 5.77. The molecule has 1 aliphatic carbocycles. The molecule has 0 spiro atoms. The van der Waals surface area contributed by atoms with Gasteiger partial charge in [-0.25, -0.2) is 0 Å². The highest BCUT2D eigenvalue weighted by molar-refractivity contribution is 5.76. The summed E-state index contributed by atoms with van der Waals surface area (Å²) in [5, 5.41) is 3.37. The SMILES string of the molecule is CCOC(=O)C(CN1CC(OC)C(OC)C1)NC1CC1. The second kappa shape index (κ2) is 7.36. The van der Waals surface area contributed by atoms with E-state index >= 15 is 0 Å². The molecular formula is C14H26N2O4. The first-order valence-corrected chi connectivity index (χ1v) is 7.38. The van der Waals surface area contributed by atoms with Crippen molar-refractivity contribution in [3.05, 3.63) is 0 Å². The molecule has 0 aromatic rings. The first kappa shape index (κ1) is 15.7. The molecule has 6 heteroatoms. The van der Waals surface area contributed by atoms with E-state index in [-0.39, 0.29) is 24.2 Å². The van der Waals surface area contributed by atoms with Gasteiger partial charge in [-0.15, -0.1) is 0 Å². The maximum atomic E-state index is 12.0. The van der Waals surface area contributed by atoms with Crippen molar-refractivity contribution < 1.29 is 19.0 Å². The fourth-order valence-corrected chi connectivity index (χ4v) is 2.65. The van der Waals surface area contributed by atoms with E-state index in [1.54, 1.807) is 14.2 Å². The smallest absolute Gasteiger partial charge is 0.324 e. The van der Waals surface area contributed by atoms with Gasteiger partial charge in [0.05, 0.1) is 18.8 Å². The molecule has 0 bridgehead atoms. The number of ether oxygens (including phenoxy) is 3. The van der Waals surface area contributed by atoms with Crippen LogP contribution in [0.5, 0.6) is 0 Å². The van der Waals surface area contributed by atoms with Gasteiger partial charge in [0.15, 0.2) is 0 Å². The number of methoxy groups -OCH3 is 2. The van der Waals surface area contributed by atoms with Crippen molar-refractivity contribution in [3.63, 3.8) is 0 Å². The van der Waals surface area contributed by atoms with Gasteiger partial charge in [-0.1, -0.05) is 0 Å². The first-order valence-electron chi connectivity index (χ1n) is 7.38. The lowest BCUT2D eigenvalue weighted by Gasteiger charge is -2.23. The predicted molar refractivity (Wildman–Crippen MR) is 74.6 cm³/mol. The summed E-state index contributed by atoms with van der Waals surface area (Å²) < 4.78 is 16.0. The summed E-state index contributed by atoms with van der Waals surface area (Å²) in [6, 6.07) is 0.221. The maximum absolute atomic E-state index is 12.0. The van der Waals surface area contributed by atoms with Crippen LogP contribution in [0.4, 0.5) is 0 Å². The van der Waals surface area contributed by atoms with Crippen LogP contribution in [0.15, 0.2) is 0 Å². The van der Waals surface area contributed by atoms with E-state index in [0.29, 0.717) is 19.2 Å². The highest BCUT2D eigenvalue weighted by Gasteiger charge is 2.37. The van der Waals surface area contributed by atoms with Gasteiger partial charge in [0, 0.05) is 39.9 Å². The number of hydrogen-bond acceptors (Lipinski definition) is 6. The number of nitrogens with one attached hydrogen (secondary N) is 1. The van der Waals surface area contributed by atoms with E-state index < -0.39 is 0 Å². The summed E-state index contributed by atoms with van der Waals surface area (Å²) in [5.41, 5.74) is 0. The number of hydrogen-bond donors (Lipinski definition) is 1. The van der Waals surface area contributed by atoms with Crippen molar-refractivity contribution in [2.24, 2.45) is 0 Å². The van der Waals surface area contributed by atoms with Crippen LogP contribution in [0, 0.1) is 0 Å². The van der Waals surface area contributed by atoms with Gasteiger partial charge in [0.2, 0.25) is 0 Å². The second-order valence-corrected chi connectivity index (χ2v) is 5.51. The number of carbonyl (C=O) groups excluding carboxylic acids is 1. The van der Waals surface area contributed by atoms with E-state index in [1.807, 2.05) is 6.92 Å². The zero-order chi connectivity index (χ0) is 14.5. The Bertz CT molecular complexity index is 310. The highest BCUT2D eigenvalue weighted by Crippen LogP contribution is 2.21. The molecule has 1 aliphatic heterocycles. The number of likely N-dealkylation sites (tertiary alicyclic amines) is 1. The summed E-state index contributed by atoms with van der Waals surface area (Å²) >= 11 is 0. The average molecular weight is 286 g/mol. The zero-order valence-electron chi connectivity index (χ0n) is 12.6. The van der Waals surface area contributed by atoms with E-state index in [0.717, 1.165) is 25.9 Å². The monoisotopic (exact) mass is 286 g/mol. The molecular weight excluding hydrogens is 260 g/mol. The third-order valence-corrected chi connectivity index (χ3v) is 3.92. The van der Waals surface area contributed by atoms with Crippen LogP contribution in [0.2, 0.25) is 0 Å². The molecule has 0 radical (unpaired) electrons. The van der Waals surface area contributed by atoms with E-state index in [4.69, 9.17) is 14.2 Å². The van der Waals surface area contributed by atoms with Crippen molar-refractivity contribution in [3.8, 4) is 0 Å². The van der Waals surface area contributed by atoms with Crippen molar-refractivity contribution in [2.75, 3.05) is 40.5 Å². The molecule has 3 atom stereocenters. The minimum absolute atomic E-state index is 0.0729. The summed E-state index contributed by atoms with van der Waals surface area (Å²) in [4.78, 5) is 14.2. The second-order valence-electron chi connectivity index (χ2n) is 5.51. The predicted octanol–water partition coefficient (Wildman–Crippen LogP) is 0.0157. The van der Waals surface area contributed by atoms with E-state index in [1.165, 1.54) is 0 Å². The van der Waals surface area contributed by atoms with Crippen LogP contribution >= 0.6 is 0 Å². The first-order chi connectivity index (χ1) is 9.67. The molecule has 2 aliphatic rings. The highest BCUT2D eigenvalue weighted by atomic mass is 16.5. The van der Waals surface area contributed by atoms with Crippen LogP contribution in [0.25, 0.3) is 0 Å². The molecule has 6 nitrogen and oxygen atoms in total. The number of nitrogens with zero attached hydrogens (tertiary/aromatic N) is 1. The summed E-state index contributed by atoms with van der Waals surface area (Å²) in [6.07, 6.45) is 2.45. The van der Waals surface area contributed by atoms with Crippen LogP contribution < -0.4 is 5.32 Å². The lowest BCUT2D eigenvalue weighted by Crippen LogP contribution is -2.47. The number of esters is 1. The van der Waals surface area contributed by atoms with Gasteiger partial charge < -0.3 is 19.5 Å². The van der Waals surface area contributed by atoms with Crippen molar-refractivity contribution in [2.45, 2.75) is 44.1 Å². The molecule has 116 valence electrons. The molecule has 0 amide bonds. The van der Waals surface area contributed by atoms with Gasteiger partial charge >= 0.3 is 5.97 Å². The van der Waals surface area contributed by atoms with Crippen LogP contribution in [0.1, 0.15) is 19.8 Å². The van der Waals surface area contributed by atoms with Gasteiger partial charge in [-0.2, -0.15) is 0 Å². The molecule has 1 N–H and O–H groups in total. The number of carbonyl (C=O) groups is 1. The molecule has 0 aromatic heterocycles. The lowest BCUT2D eigenvalue weighted by molar-refractivity contribution is -0.146. The van der Waals surface area contributed by atoms with Gasteiger partial charge in [-0.3, -0.25) is 9.69 Å². The normalized spacial score (nSPS) is 28.6. The maximum Gasteiger partial charge on any atom is 0.324 e. The lowest BCUT2D eigenvalue weighted by atomic mass is 10.2. The fraction of sp³-hybridized carbons (Fsp3) is 0.929. The fourth-order valence-electron chi connectivity index (χ4n) is 2.65. The largest absolute Gasteiger partial charge is 0.465 e. The third kappa shape index (κ3) is 4.15. The molecule has 2 rings (SSSR count). The third-order valence-electron chi connectivity index (χ3n) is 3.92. The van der Waals surface area contributed by atoms with Crippen molar-refractivity contribution in [1.82, 2.24) is 10.2 Å². The summed E-state index contributed by atoms with van der Waals surface area (Å²) in [6.45, 7) is 4.48. The molecule has 1 saturated heterocycles. The Labute approximate surface area is 120 Å². The summed E-state index contributed by atoms with van der Waals surface area (Å²) in [5.74, 6) is -0.158. The standard InChI is InChI=1S/C14H26N2O4/c1-4-20-14(17)11(15-10-5-6-10)7-16-8-12(18-2)13(9-16)19-3/h10-13,15H,4-9H2,1-3H3. The van der Waals surface area contributed by atoms with Crippen LogP contribution in [-0.2, 0) is 19.0 Å². The molecule has 1 saturated carbocycles. The zero-order valence-corrected chi connectivity index (χ0v) is 12.6. The quantitative estimate of drug-likeness (QED) is 0.635. The van der Waals surface area contributed by atoms with Crippen molar-refractivity contribution >= 4 is 5.97 Å². The topological polar surface area (TPSA) is 60.0 Å². The Morgan fingerprint density at radius 1 is 1.25 bits per heavy atom. The molecule has 0 aromatic carbocycles. The van der Waals surface area contributed by atoms with E-state index in [2.05, 4.69) is 10.2 Å². The van der Waals surface area contributed by atoms with Gasteiger partial charge in [0.1, 0.15) is 6.04 Å². The van der Waals surface area contributed by atoms with E-state index in [9.17, 15) is 4.79 Å². The Hall–Kier alpha value is -0.690. The van der Waals surface area contributed by atoms with Crippen LogP contribution in [0.3, 0.4) is 0 Å². The average Bonchev–Trinajstić information content (AvgIpc) is 3.16.